The predicted molar refractivity (Wildman–Crippen MR) is 124 cm³/mol. The van der Waals surface area contributed by atoms with E-state index in [4.69, 9.17) is 11.6 Å². The van der Waals surface area contributed by atoms with E-state index in [9.17, 15) is 14.4 Å². The van der Waals surface area contributed by atoms with Crippen molar-refractivity contribution in [3.8, 4) is 0 Å². The van der Waals surface area contributed by atoms with Gasteiger partial charge in [0.15, 0.2) is 0 Å². The molecule has 1 aromatic carbocycles. The molecule has 1 heterocycles. The van der Waals surface area contributed by atoms with Gasteiger partial charge in [0.25, 0.3) is 5.91 Å². The molecule has 172 valence electrons. The highest BCUT2D eigenvalue weighted by molar-refractivity contribution is 6.31. The average molecular weight is 457 g/mol. The summed E-state index contributed by atoms with van der Waals surface area (Å²) in [6.45, 7) is 6.13. The van der Waals surface area contributed by atoms with Gasteiger partial charge in [0.05, 0.1) is 17.5 Å². The molecule has 1 saturated heterocycles. The number of amides is 3. The maximum Gasteiger partial charge on any atom is 0.257 e. The molecule has 4 bridgehead atoms. The van der Waals surface area contributed by atoms with Crippen molar-refractivity contribution < 1.29 is 14.4 Å². The molecule has 5 nitrogen and oxygen atoms in total. The van der Waals surface area contributed by atoms with Gasteiger partial charge >= 0.3 is 0 Å². The normalized spacial score (nSPS) is 33.8. The number of rotatable bonds is 5. The molecule has 0 aromatic heterocycles. The summed E-state index contributed by atoms with van der Waals surface area (Å²) in [6.07, 6.45) is 7.39. The standard InChI is InChI=1S/C26H33ClN2O3/c1-4-25(2,3)29(24(32)26-13-16-9-17(14-26)11-18(10-16)15-26)21-12-22(30)28(23(21)31)20-7-5-19(27)6-8-20/h5-8,16-18,21H,4,9-15H2,1-3H3. The lowest BCUT2D eigenvalue weighted by atomic mass is 9.49. The summed E-state index contributed by atoms with van der Waals surface area (Å²) in [7, 11) is 0. The van der Waals surface area contributed by atoms with E-state index < -0.39 is 11.6 Å². The van der Waals surface area contributed by atoms with E-state index in [2.05, 4.69) is 6.92 Å². The molecule has 0 radical (unpaired) electrons. The quantitative estimate of drug-likeness (QED) is 0.572. The summed E-state index contributed by atoms with van der Waals surface area (Å²) in [5.74, 6) is 1.50. The Hall–Kier alpha value is -1.88. The topological polar surface area (TPSA) is 57.7 Å². The fourth-order valence-electron chi connectivity index (χ4n) is 7.32. The van der Waals surface area contributed by atoms with Crippen molar-refractivity contribution in [2.24, 2.45) is 23.2 Å². The monoisotopic (exact) mass is 456 g/mol. The van der Waals surface area contributed by atoms with Crippen molar-refractivity contribution in [3.63, 3.8) is 0 Å². The first-order valence-electron chi connectivity index (χ1n) is 12.1. The number of halogens is 1. The van der Waals surface area contributed by atoms with Crippen molar-refractivity contribution in [1.29, 1.82) is 0 Å². The van der Waals surface area contributed by atoms with E-state index in [1.54, 1.807) is 24.3 Å². The smallest absolute Gasteiger partial charge is 0.257 e. The fourth-order valence-corrected chi connectivity index (χ4v) is 7.44. The minimum atomic E-state index is -0.742. The van der Waals surface area contributed by atoms with Gasteiger partial charge in [0, 0.05) is 10.6 Å². The number of imide groups is 1. The molecule has 1 unspecified atom stereocenters. The molecule has 1 aromatic rings. The van der Waals surface area contributed by atoms with Crippen LogP contribution in [0, 0.1) is 23.2 Å². The third-order valence-electron chi connectivity index (χ3n) is 8.75. The first-order valence-corrected chi connectivity index (χ1v) is 12.5. The van der Waals surface area contributed by atoms with Gasteiger partial charge in [0.2, 0.25) is 11.8 Å². The Labute approximate surface area is 195 Å². The Kier molecular flexibility index (Phi) is 5.20. The highest BCUT2D eigenvalue weighted by Gasteiger charge is 2.59. The largest absolute Gasteiger partial charge is 0.325 e. The average Bonchev–Trinajstić information content (AvgIpc) is 3.01. The lowest BCUT2D eigenvalue weighted by Crippen LogP contribution is -2.62. The van der Waals surface area contributed by atoms with E-state index in [-0.39, 0.29) is 29.6 Å². The van der Waals surface area contributed by atoms with Gasteiger partial charge in [-0.25, -0.2) is 4.90 Å². The molecular weight excluding hydrogens is 424 g/mol. The van der Waals surface area contributed by atoms with Crippen LogP contribution in [0.1, 0.15) is 72.1 Å². The Morgan fingerprint density at radius 1 is 1.06 bits per heavy atom. The van der Waals surface area contributed by atoms with Gasteiger partial charge in [-0.1, -0.05) is 18.5 Å². The number of carbonyl (C=O) groups excluding carboxylic acids is 3. The first-order chi connectivity index (χ1) is 15.1. The number of hydrogen-bond donors (Lipinski definition) is 0. The number of anilines is 1. The molecule has 5 fully saturated rings. The fraction of sp³-hybridized carbons (Fsp3) is 0.654. The third-order valence-corrected chi connectivity index (χ3v) is 9.00. The van der Waals surface area contributed by atoms with Gasteiger partial charge in [-0.2, -0.15) is 0 Å². The molecule has 6 heteroatoms. The number of nitrogens with zero attached hydrogens (tertiary/aromatic N) is 2. The van der Waals surface area contributed by atoms with Crippen LogP contribution in [-0.2, 0) is 14.4 Å². The third kappa shape index (κ3) is 3.39. The van der Waals surface area contributed by atoms with E-state index >= 15 is 0 Å². The molecule has 4 aliphatic carbocycles. The van der Waals surface area contributed by atoms with Gasteiger partial charge in [-0.3, -0.25) is 14.4 Å². The SMILES string of the molecule is CCC(C)(C)N(C(=O)C12CC3CC(CC(C3)C1)C2)C1CC(=O)N(c2ccc(Cl)cc2)C1=O. The van der Waals surface area contributed by atoms with Crippen LogP contribution >= 0.6 is 11.6 Å². The summed E-state index contributed by atoms with van der Waals surface area (Å²) in [5.41, 5.74) is -0.335. The Bertz CT molecular complexity index is 919. The van der Waals surface area contributed by atoms with Gasteiger partial charge in [-0.05, 0) is 101 Å². The minimum absolute atomic E-state index is 0.0446. The molecule has 32 heavy (non-hydrogen) atoms. The van der Waals surface area contributed by atoms with Crippen LogP contribution in [-0.4, -0.2) is 34.2 Å². The Morgan fingerprint density at radius 3 is 2.09 bits per heavy atom. The highest BCUT2D eigenvalue weighted by atomic mass is 35.5. The molecule has 0 spiro atoms. The Morgan fingerprint density at radius 2 is 1.59 bits per heavy atom. The summed E-state index contributed by atoms with van der Waals surface area (Å²) in [6, 6.07) is 6.00. The maximum atomic E-state index is 14.4. The molecule has 1 aliphatic heterocycles. The minimum Gasteiger partial charge on any atom is -0.325 e. The molecule has 3 amide bonds. The number of benzene rings is 1. The molecular formula is C26H33ClN2O3. The van der Waals surface area contributed by atoms with Crippen LogP contribution in [0.2, 0.25) is 5.02 Å². The second kappa shape index (κ2) is 7.58. The summed E-state index contributed by atoms with van der Waals surface area (Å²) < 4.78 is 0. The van der Waals surface area contributed by atoms with Crippen LogP contribution in [0.25, 0.3) is 0 Å². The van der Waals surface area contributed by atoms with E-state index in [0.29, 0.717) is 28.5 Å². The lowest BCUT2D eigenvalue weighted by molar-refractivity contribution is -0.168. The van der Waals surface area contributed by atoms with Crippen molar-refractivity contribution in [1.82, 2.24) is 4.90 Å². The van der Waals surface area contributed by atoms with Crippen LogP contribution in [0.15, 0.2) is 24.3 Å². The van der Waals surface area contributed by atoms with Crippen molar-refractivity contribution in [3.05, 3.63) is 29.3 Å². The highest BCUT2D eigenvalue weighted by Crippen LogP contribution is 2.61. The van der Waals surface area contributed by atoms with Crippen LogP contribution in [0.4, 0.5) is 5.69 Å². The summed E-state index contributed by atoms with van der Waals surface area (Å²) in [5, 5.41) is 0.551. The predicted octanol–water partition coefficient (Wildman–Crippen LogP) is 5.21. The Balaban J connectivity index is 1.49. The second-order valence-corrected chi connectivity index (χ2v) is 11.7. The van der Waals surface area contributed by atoms with Gasteiger partial charge < -0.3 is 4.90 Å². The van der Waals surface area contributed by atoms with Gasteiger partial charge in [0.1, 0.15) is 6.04 Å². The zero-order valence-corrected chi connectivity index (χ0v) is 20.0. The van der Waals surface area contributed by atoms with E-state index in [1.807, 2.05) is 18.7 Å². The maximum absolute atomic E-state index is 14.4. The molecule has 4 saturated carbocycles. The number of carbonyl (C=O) groups is 3. The van der Waals surface area contributed by atoms with Gasteiger partial charge in [-0.15, -0.1) is 0 Å². The van der Waals surface area contributed by atoms with E-state index in [1.165, 1.54) is 24.2 Å². The van der Waals surface area contributed by atoms with Crippen molar-refractivity contribution in [2.45, 2.75) is 83.7 Å². The zero-order valence-electron chi connectivity index (χ0n) is 19.3. The first kappa shape index (κ1) is 21.9. The van der Waals surface area contributed by atoms with Crippen molar-refractivity contribution in [2.75, 3.05) is 4.90 Å². The number of hydrogen-bond acceptors (Lipinski definition) is 3. The van der Waals surface area contributed by atoms with Crippen LogP contribution in [0.3, 0.4) is 0 Å². The molecule has 1 atom stereocenters. The molecule has 0 N–H and O–H groups in total. The molecule has 6 rings (SSSR count). The van der Waals surface area contributed by atoms with E-state index in [0.717, 1.165) is 25.7 Å². The summed E-state index contributed by atoms with van der Waals surface area (Å²) in [4.78, 5) is 44.0. The summed E-state index contributed by atoms with van der Waals surface area (Å²) >= 11 is 6.00. The zero-order chi connectivity index (χ0) is 22.8. The second-order valence-electron chi connectivity index (χ2n) is 11.3. The molecule has 5 aliphatic rings. The lowest BCUT2D eigenvalue weighted by Gasteiger charge is -2.58. The van der Waals surface area contributed by atoms with Crippen molar-refractivity contribution >= 4 is 35.0 Å². The van der Waals surface area contributed by atoms with Crippen LogP contribution < -0.4 is 4.90 Å². The van der Waals surface area contributed by atoms with Crippen LogP contribution in [0.5, 0.6) is 0 Å².